The monoisotopic (exact) mass is 403 g/mol. The highest BCUT2D eigenvalue weighted by atomic mass is 35.5. The summed E-state index contributed by atoms with van der Waals surface area (Å²) in [5, 5.41) is 1.23. The van der Waals surface area contributed by atoms with Crippen LogP contribution >= 0.6 is 23.2 Å². The first-order chi connectivity index (χ1) is 13.0. The lowest BCUT2D eigenvalue weighted by Crippen LogP contribution is -2.52. The van der Waals surface area contributed by atoms with Gasteiger partial charge in [-0.25, -0.2) is 4.90 Å². The Kier molecular flexibility index (Phi) is 5.08. The summed E-state index contributed by atoms with van der Waals surface area (Å²) in [7, 11) is 0. The molecule has 0 aliphatic carbocycles. The second kappa shape index (κ2) is 7.50. The molecule has 0 saturated carbocycles. The van der Waals surface area contributed by atoms with Gasteiger partial charge in [-0.1, -0.05) is 41.4 Å². The molecule has 4 rings (SSSR count). The molecule has 27 heavy (non-hydrogen) atoms. The second-order valence-corrected chi connectivity index (χ2v) is 7.59. The predicted molar refractivity (Wildman–Crippen MR) is 108 cm³/mol. The minimum Gasteiger partial charge on any atom is -0.368 e. The van der Waals surface area contributed by atoms with Crippen molar-refractivity contribution in [2.45, 2.75) is 12.5 Å². The molecule has 2 aliphatic rings. The molecule has 2 saturated heterocycles. The van der Waals surface area contributed by atoms with Crippen molar-refractivity contribution in [2.75, 3.05) is 36.0 Å². The molecule has 0 N–H and O–H groups in total. The first kappa shape index (κ1) is 18.3. The fraction of sp³-hybridized carbons (Fsp3) is 0.300. The summed E-state index contributed by atoms with van der Waals surface area (Å²) >= 11 is 12.3. The van der Waals surface area contributed by atoms with Crippen LogP contribution in [0.2, 0.25) is 10.0 Å². The first-order valence-corrected chi connectivity index (χ1v) is 9.66. The molecule has 0 radical (unpaired) electrons. The number of carbonyl (C=O) groups is 2. The Morgan fingerprint density at radius 3 is 2.33 bits per heavy atom. The van der Waals surface area contributed by atoms with Crippen LogP contribution in [0.1, 0.15) is 6.42 Å². The predicted octanol–water partition coefficient (Wildman–Crippen LogP) is 3.45. The lowest BCUT2D eigenvalue weighted by Gasteiger charge is -2.38. The molecular weight excluding hydrogens is 385 g/mol. The second-order valence-electron chi connectivity index (χ2n) is 6.74. The van der Waals surface area contributed by atoms with E-state index in [4.69, 9.17) is 23.2 Å². The minimum absolute atomic E-state index is 0.173. The molecule has 2 fully saturated rings. The van der Waals surface area contributed by atoms with Crippen LogP contribution in [-0.4, -0.2) is 48.9 Å². The van der Waals surface area contributed by atoms with Crippen molar-refractivity contribution in [1.82, 2.24) is 4.90 Å². The van der Waals surface area contributed by atoms with Crippen molar-refractivity contribution in [3.8, 4) is 0 Å². The van der Waals surface area contributed by atoms with E-state index in [1.54, 1.807) is 24.3 Å². The van der Waals surface area contributed by atoms with Crippen LogP contribution in [-0.2, 0) is 9.59 Å². The number of nitrogens with zero attached hydrogens (tertiary/aromatic N) is 3. The number of anilines is 2. The number of piperazine rings is 1. The van der Waals surface area contributed by atoms with Crippen molar-refractivity contribution < 1.29 is 9.59 Å². The molecule has 1 atom stereocenters. The Morgan fingerprint density at radius 2 is 1.63 bits per heavy atom. The maximum Gasteiger partial charge on any atom is 0.251 e. The maximum atomic E-state index is 12.9. The van der Waals surface area contributed by atoms with Gasteiger partial charge in [0.15, 0.2) is 0 Å². The van der Waals surface area contributed by atoms with E-state index in [1.165, 1.54) is 4.90 Å². The van der Waals surface area contributed by atoms with E-state index >= 15 is 0 Å². The van der Waals surface area contributed by atoms with E-state index in [0.717, 1.165) is 23.8 Å². The summed E-state index contributed by atoms with van der Waals surface area (Å²) in [5.74, 6) is -0.353. The molecule has 0 bridgehead atoms. The Labute approximate surface area is 168 Å². The third-order valence-corrected chi connectivity index (χ3v) is 5.69. The molecule has 1 unspecified atom stereocenters. The van der Waals surface area contributed by atoms with Gasteiger partial charge in [-0.2, -0.15) is 0 Å². The summed E-state index contributed by atoms with van der Waals surface area (Å²) in [6, 6.07) is 14.2. The zero-order valence-corrected chi connectivity index (χ0v) is 16.2. The minimum atomic E-state index is -0.412. The highest BCUT2D eigenvalue weighted by molar-refractivity contribution is 6.33. The van der Waals surface area contributed by atoms with Crippen molar-refractivity contribution in [3.05, 3.63) is 58.6 Å². The van der Waals surface area contributed by atoms with E-state index in [9.17, 15) is 9.59 Å². The van der Waals surface area contributed by atoms with Gasteiger partial charge in [0.1, 0.15) is 0 Å². The molecule has 2 aromatic carbocycles. The third kappa shape index (κ3) is 3.55. The molecular formula is C20H19Cl2N3O2. The largest absolute Gasteiger partial charge is 0.368 e. The number of halogens is 2. The van der Waals surface area contributed by atoms with Crippen molar-refractivity contribution >= 4 is 46.4 Å². The van der Waals surface area contributed by atoms with Crippen LogP contribution in [0, 0.1) is 0 Å². The molecule has 2 heterocycles. The quantitative estimate of drug-likeness (QED) is 0.736. The van der Waals surface area contributed by atoms with Gasteiger partial charge in [-0.15, -0.1) is 0 Å². The summed E-state index contributed by atoms with van der Waals surface area (Å²) in [4.78, 5) is 31.0. The van der Waals surface area contributed by atoms with Crippen molar-refractivity contribution in [3.63, 3.8) is 0 Å². The van der Waals surface area contributed by atoms with Crippen molar-refractivity contribution in [1.29, 1.82) is 0 Å². The van der Waals surface area contributed by atoms with Gasteiger partial charge < -0.3 is 4.90 Å². The third-order valence-electron chi connectivity index (χ3n) is 5.14. The summed E-state index contributed by atoms with van der Waals surface area (Å²) in [6.07, 6.45) is 0.206. The molecule has 5 nitrogen and oxygen atoms in total. The summed E-state index contributed by atoms with van der Waals surface area (Å²) in [5.41, 5.74) is 1.54. The zero-order chi connectivity index (χ0) is 19.0. The number of hydrogen-bond donors (Lipinski definition) is 0. The Morgan fingerprint density at radius 1 is 0.889 bits per heavy atom. The highest BCUT2D eigenvalue weighted by Gasteiger charge is 2.43. The fourth-order valence-electron chi connectivity index (χ4n) is 3.77. The number of para-hydroxylation sites is 1. The molecule has 2 aromatic rings. The summed E-state index contributed by atoms with van der Waals surface area (Å²) < 4.78 is 0. The van der Waals surface area contributed by atoms with Gasteiger partial charge in [0.05, 0.1) is 28.9 Å². The van der Waals surface area contributed by atoms with Gasteiger partial charge in [0.2, 0.25) is 5.91 Å². The van der Waals surface area contributed by atoms with E-state index in [1.807, 2.05) is 24.3 Å². The SMILES string of the molecule is O=C1CC(N2CCN(c3ccccc3Cl)CC2)C(=O)N1c1cccc(Cl)c1. The van der Waals surface area contributed by atoms with Crippen LogP contribution in [0.5, 0.6) is 0 Å². The summed E-state index contributed by atoms with van der Waals surface area (Å²) in [6.45, 7) is 2.94. The van der Waals surface area contributed by atoms with Crippen molar-refractivity contribution in [2.24, 2.45) is 0 Å². The number of carbonyl (C=O) groups excluding carboxylic acids is 2. The van der Waals surface area contributed by atoms with E-state index in [2.05, 4.69) is 9.80 Å². The number of rotatable bonds is 3. The first-order valence-electron chi connectivity index (χ1n) is 8.90. The van der Waals surface area contributed by atoms with E-state index < -0.39 is 6.04 Å². The molecule has 140 valence electrons. The molecule has 7 heteroatoms. The van der Waals surface area contributed by atoms with Crippen LogP contribution in [0.3, 0.4) is 0 Å². The van der Waals surface area contributed by atoms with Gasteiger partial charge in [-0.05, 0) is 30.3 Å². The highest BCUT2D eigenvalue weighted by Crippen LogP contribution is 2.30. The number of amides is 2. The standard InChI is InChI=1S/C20H19Cl2N3O2/c21-14-4-3-5-15(12-14)25-19(26)13-18(20(25)27)24-10-8-23(9-11-24)17-7-2-1-6-16(17)22/h1-7,12,18H,8-11,13H2. The average Bonchev–Trinajstić information content (AvgIpc) is 2.96. The maximum absolute atomic E-state index is 12.9. The Balaban J connectivity index is 1.45. The van der Waals surface area contributed by atoms with Crippen LogP contribution in [0.25, 0.3) is 0 Å². The molecule has 2 amide bonds. The zero-order valence-electron chi connectivity index (χ0n) is 14.6. The van der Waals surface area contributed by atoms with Gasteiger partial charge in [0.25, 0.3) is 5.91 Å². The van der Waals surface area contributed by atoms with Crippen LogP contribution in [0.4, 0.5) is 11.4 Å². The Bertz CT molecular complexity index is 881. The molecule has 0 aromatic heterocycles. The van der Waals surface area contributed by atoms with Gasteiger partial charge >= 0.3 is 0 Å². The van der Waals surface area contributed by atoms with Crippen LogP contribution in [0.15, 0.2) is 48.5 Å². The van der Waals surface area contributed by atoms with Gasteiger partial charge in [0, 0.05) is 31.2 Å². The fourth-order valence-corrected chi connectivity index (χ4v) is 4.21. The normalized spacial score (nSPS) is 21.2. The van der Waals surface area contributed by atoms with E-state index in [0.29, 0.717) is 23.8 Å². The smallest absolute Gasteiger partial charge is 0.251 e. The topological polar surface area (TPSA) is 43.9 Å². The molecule has 2 aliphatic heterocycles. The van der Waals surface area contributed by atoms with E-state index in [-0.39, 0.29) is 18.2 Å². The lowest BCUT2D eigenvalue weighted by atomic mass is 10.1. The lowest BCUT2D eigenvalue weighted by molar-refractivity contribution is -0.123. The Hall–Kier alpha value is -2.08. The number of hydrogen-bond acceptors (Lipinski definition) is 4. The average molecular weight is 404 g/mol. The molecule has 0 spiro atoms. The number of imide groups is 1. The van der Waals surface area contributed by atoms with Gasteiger partial charge in [-0.3, -0.25) is 14.5 Å². The number of benzene rings is 2. The van der Waals surface area contributed by atoms with Crippen LogP contribution < -0.4 is 9.80 Å².